The highest BCUT2D eigenvalue weighted by Gasteiger charge is 2.21. The largest absolute Gasteiger partial charge is 0.493 e. The lowest BCUT2D eigenvalue weighted by atomic mass is 10.0. The molecule has 0 bridgehead atoms. The third-order valence-corrected chi connectivity index (χ3v) is 4.51. The Balaban J connectivity index is 2.12. The van der Waals surface area contributed by atoms with Gasteiger partial charge in [0.2, 0.25) is 0 Å². The van der Waals surface area contributed by atoms with Crippen LogP contribution in [0, 0.1) is 0 Å². The summed E-state index contributed by atoms with van der Waals surface area (Å²) < 4.78 is 12.5. The van der Waals surface area contributed by atoms with Gasteiger partial charge in [0.05, 0.1) is 25.6 Å². The van der Waals surface area contributed by atoms with Crippen molar-refractivity contribution in [3.8, 4) is 22.8 Å². The van der Waals surface area contributed by atoms with Gasteiger partial charge in [-0.25, -0.2) is 4.98 Å². The van der Waals surface area contributed by atoms with Gasteiger partial charge >= 0.3 is 5.97 Å². The van der Waals surface area contributed by atoms with Crippen LogP contribution in [0.3, 0.4) is 0 Å². The van der Waals surface area contributed by atoms with Gasteiger partial charge in [-0.1, -0.05) is 0 Å². The predicted molar refractivity (Wildman–Crippen MR) is 90.9 cm³/mol. The van der Waals surface area contributed by atoms with E-state index in [1.807, 2.05) is 28.1 Å². The fraction of sp³-hybridized carbons (Fsp3) is 0.250. The number of nitrogens with two attached hydrogens (primary N) is 1. The Morgan fingerprint density at radius 2 is 2.12 bits per heavy atom. The van der Waals surface area contributed by atoms with Crippen LogP contribution < -0.4 is 15.2 Å². The maximum Gasteiger partial charge on any atom is 0.320 e. The molecule has 24 heavy (non-hydrogen) atoms. The lowest BCUT2D eigenvalue weighted by Gasteiger charge is -2.11. The number of methoxy groups -OCH3 is 2. The standard InChI is InChI=1S/C16H17N3O4S/c1-22-12-4-3-9(7-13(12)23-2)14-11(8-10(17)15(20)21)19-5-6-24-16(19)18-14/h3-7,10H,8,17H2,1-2H3,(H,20,21). The zero-order chi connectivity index (χ0) is 17.3. The number of carbonyl (C=O) groups is 1. The molecular formula is C16H17N3O4S. The van der Waals surface area contributed by atoms with E-state index in [9.17, 15) is 4.79 Å². The summed E-state index contributed by atoms with van der Waals surface area (Å²) in [5, 5.41) is 11.0. The van der Waals surface area contributed by atoms with Crippen LogP contribution >= 0.6 is 11.3 Å². The minimum atomic E-state index is -1.04. The number of thiazole rings is 1. The Hall–Kier alpha value is -2.58. The van der Waals surface area contributed by atoms with E-state index in [1.54, 1.807) is 20.3 Å². The third kappa shape index (κ3) is 2.81. The fourth-order valence-corrected chi connectivity index (χ4v) is 3.27. The summed E-state index contributed by atoms with van der Waals surface area (Å²) in [6.07, 6.45) is 2.04. The van der Waals surface area contributed by atoms with Gasteiger partial charge in [0.25, 0.3) is 0 Å². The number of hydrogen-bond donors (Lipinski definition) is 2. The predicted octanol–water partition coefficient (Wildman–Crippen LogP) is 2.03. The minimum absolute atomic E-state index is 0.177. The van der Waals surface area contributed by atoms with E-state index in [1.165, 1.54) is 11.3 Å². The minimum Gasteiger partial charge on any atom is -0.493 e. The van der Waals surface area contributed by atoms with Gasteiger partial charge in [0, 0.05) is 23.6 Å². The monoisotopic (exact) mass is 347 g/mol. The van der Waals surface area contributed by atoms with E-state index in [2.05, 4.69) is 4.98 Å². The second-order valence-electron chi connectivity index (χ2n) is 5.18. The number of hydrogen-bond acceptors (Lipinski definition) is 6. The molecule has 0 aliphatic carbocycles. The zero-order valence-corrected chi connectivity index (χ0v) is 14.0. The van der Waals surface area contributed by atoms with Gasteiger partial charge in [-0.2, -0.15) is 0 Å². The highest BCUT2D eigenvalue weighted by molar-refractivity contribution is 7.15. The van der Waals surface area contributed by atoms with E-state index >= 15 is 0 Å². The highest BCUT2D eigenvalue weighted by atomic mass is 32.1. The number of carboxylic acids is 1. The molecule has 3 N–H and O–H groups in total. The molecule has 3 rings (SSSR count). The lowest BCUT2D eigenvalue weighted by molar-refractivity contribution is -0.138. The van der Waals surface area contributed by atoms with Crippen LogP contribution in [0.5, 0.6) is 11.5 Å². The third-order valence-electron chi connectivity index (χ3n) is 3.75. The van der Waals surface area contributed by atoms with Crippen molar-refractivity contribution in [3.63, 3.8) is 0 Å². The SMILES string of the molecule is COc1ccc(-c2nc3sccn3c2CC(N)C(=O)O)cc1OC. The smallest absolute Gasteiger partial charge is 0.320 e. The van der Waals surface area contributed by atoms with Crippen molar-refractivity contribution in [1.29, 1.82) is 0 Å². The van der Waals surface area contributed by atoms with Crippen LogP contribution in [0.15, 0.2) is 29.8 Å². The number of aliphatic carboxylic acids is 1. The van der Waals surface area contributed by atoms with Crippen molar-refractivity contribution in [1.82, 2.24) is 9.38 Å². The van der Waals surface area contributed by atoms with Crippen molar-refractivity contribution in [3.05, 3.63) is 35.5 Å². The number of fused-ring (bicyclic) bond motifs is 1. The summed E-state index contributed by atoms with van der Waals surface area (Å²) >= 11 is 1.48. The molecule has 1 unspecified atom stereocenters. The van der Waals surface area contributed by atoms with Crippen molar-refractivity contribution < 1.29 is 19.4 Å². The fourth-order valence-electron chi connectivity index (χ4n) is 2.54. The van der Waals surface area contributed by atoms with Gasteiger partial charge in [-0.3, -0.25) is 9.20 Å². The maximum absolute atomic E-state index is 11.1. The summed E-state index contributed by atoms with van der Waals surface area (Å²) in [6, 6.07) is 4.48. The van der Waals surface area contributed by atoms with Gasteiger partial charge < -0.3 is 20.3 Å². The van der Waals surface area contributed by atoms with Crippen molar-refractivity contribution in [2.24, 2.45) is 5.73 Å². The second kappa shape index (κ2) is 6.50. The molecule has 0 saturated carbocycles. The first kappa shape index (κ1) is 16.3. The molecule has 0 saturated heterocycles. The number of nitrogens with zero attached hydrogens (tertiary/aromatic N) is 2. The number of imidazole rings is 1. The molecule has 2 heterocycles. The van der Waals surface area contributed by atoms with E-state index in [0.717, 1.165) is 16.2 Å². The first-order chi connectivity index (χ1) is 11.5. The first-order valence-corrected chi connectivity index (χ1v) is 8.08. The Bertz CT molecular complexity index is 887. The highest BCUT2D eigenvalue weighted by Crippen LogP contribution is 2.34. The summed E-state index contributed by atoms with van der Waals surface area (Å²) in [4.78, 5) is 16.6. The van der Waals surface area contributed by atoms with E-state index < -0.39 is 12.0 Å². The molecular weight excluding hydrogens is 330 g/mol. The summed E-state index contributed by atoms with van der Waals surface area (Å²) in [6.45, 7) is 0. The van der Waals surface area contributed by atoms with Crippen LogP contribution in [0.4, 0.5) is 0 Å². The molecule has 2 aromatic heterocycles. The average Bonchev–Trinajstić information content (AvgIpc) is 3.16. The Labute approximate surface area is 142 Å². The molecule has 1 aromatic carbocycles. The number of benzene rings is 1. The lowest BCUT2D eigenvalue weighted by Crippen LogP contribution is -2.32. The molecule has 0 amide bonds. The van der Waals surface area contributed by atoms with Gasteiger partial charge in [0.1, 0.15) is 6.04 Å². The Kier molecular flexibility index (Phi) is 4.41. The van der Waals surface area contributed by atoms with Crippen LogP contribution in [-0.4, -0.2) is 40.7 Å². The number of carboxylic acid groups (broad SMARTS) is 1. The van der Waals surface area contributed by atoms with Crippen LogP contribution in [0.2, 0.25) is 0 Å². The molecule has 0 aliphatic rings. The molecule has 8 heteroatoms. The molecule has 7 nitrogen and oxygen atoms in total. The number of ether oxygens (including phenoxy) is 2. The van der Waals surface area contributed by atoms with Crippen molar-refractivity contribution in [2.75, 3.05) is 14.2 Å². The van der Waals surface area contributed by atoms with Crippen molar-refractivity contribution in [2.45, 2.75) is 12.5 Å². The normalized spacial score (nSPS) is 12.3. The zero-order valence-electron chi connectivity index (χ0n) is 13.2. The topological polar surface area (TPSA) is 99.1 Å². The van der Waals surface area contributed by atoms with Crippen LogP contribution in [0.1, 0.15) is 5.69 Å². The van der Waals surface area contributed by atoms with Gasteiger partial charge in [0.15, 0.2) is 16.5 Å². The Morgan fingerprint density at radius 1 is 1.38 bits per heavy atom. The summed E-state index contributed by atoms with van der Waals surface area (Å²) in [5.74, 6) is 0.157. The Morgan fingerprint density at radius 3 is 2.79 bits per heavy atom. The second-order valence-corrected chi connectivity index (χ2v) is 6.05. The number of aromatic nitrogens is 2. The molecule has 0 fully saturated rings. The maximum atomic E-state index is 11.1. The van der Waals surface area contributed by atoms with E-state index in [-0.39, 0.29) is 6.42 Å². The average molecular weight is 347 g/mol. The molecule has 0 aliphatic heterocycles. The summed E-state index contributed by atoms with van der Waals surface area (Å²) in [5.41, 5.74) is 8.00. The molecule has 126 valence electrons. The summed E-state index contributed by atoms with van der Waals surface area (Å²) in [7, 11) is 3.13. The molecule has 3 aromatic rings. The number of rotatable bonds is 6. The van der Waals surface area contributed by atoms with Crippen molar-refractivity contribution >= 4 is 22.3 Å². The van der Waals surface area contributed by atoms with Gasteiger partial charge in [-0.15, -0.1) is 11.3 Å². The van der Waals surface area contributed by atoms with E-state index in [0.29, 0.717) is 17.2 Å². The molecule has 1 atom stereocenters. The van der Waals surface area contributed by atoms with Crippen LogP contribution in [0.25, 0.3) is 16.2 Å². The first-order valence-electron chi connectivity index (χ1n) is 7.20. The molecule has 0 radical (unpaired) electrons. The van der Waals surface area contributed by atoms with Crippen LogP contribution in [-0.2, 0) is 11.2 Å². The van der Waals surface area contributed by atoms with Gasteiger partial charge in [-0.05, 0) is 18.2 Å². The van der Waals surface area contributed by atoms with E-state index in [4.69, 9.17) is 20.3 Å². The quantitative estimate of drug-likeness (QED) is 0.708. The molecule has 0 spiro atoms.